The Labute approximate surface area is 113 Å². The minimum atomic E-state index is -0.256. The molecule has 0 radical (unpaired) electrons. The average Bonchev–Trinajstić information content (AvgIpc) is 2.71. The van der Waals surface area contributed by atoms with Crippen LogP contribution in [0.1, 0.15) is 38.9 Å². The van der Waals surface area contributed by atoms with E-state index in [1.807, 2.05) is 6.07 Å². The van der Waals surface area contributed by atoms with Crippen LogP contribution in [0.3, 0.4) is 0 Å². The zero-order valence-electron chi connectivity index (χ0n) is 11.9. The van der Waals surface area contributed by atoms with Crippen LogP contribution in [-0.4, -0.2) is 16.1 Å². The Bertz CT molecular complexity index is 560. The maximum Gasteiger partial charge on any atom is 0.151 e. The first-order valence-corrected chi connectivity index (χ1v) is 6.94. The highest BCUT2D eigenvalue weighted by atomic mass is 19.1. The molecule has 0 saturated heterocycles. The monoisotopic (exact) mass is 263 g/mol. The molecule has 0 bridgehead atoms. The Hall–Kier alpha value is -1.42. The van der Waals surface area contributed by atoms with Crippen LogP contribution >= 0.6 is 0 Å². The van der Waals surface area contributed by atoms with Gasteiger partial charge in [0.05, 0.1) is 5.52 Å². The molecule has 0 aliphatic rings. The summed E-state index contributed by atoms with van der Waals surface area (Å²) in [5.41, 5.74) is 7.22. The molecule has 0 aliphatic carbocycles. The van der Waals surface area contributed by atoms with Gasteiger partial charge in [0.25, 0.3) is 0 Å². The SMILES string of the molecule is CCCn1c(C(CN)C(C)C)nc2c(F)cccc21. The highest BCUT2D eigenvalue weighted by molar-refractivity contribution is 5.76. The first kappa shape index (κ1) is 14.0. The molecule has 1 aromatic carbocycles. The number of nitrogens with two attached hydrogens (primary N) is 1. The molecule has 0 aliphatic heterocycles. The lowest BCUT2D eigenvalue weighted by Gasteiger charge is -2.20. The standard InChI is InChI=1S/C15H22FN3/c1-4-8-19-13-7-5-6-12(16)14(13)18-15(19)11(9-17)10(2)3/h5-7,10-11H,4,8-9,17H2,1-3H3. The predicted molar refractivity (Wildman–Crippen MR) is 76.6 cm³/mol. The zero-order chi connectivity index (χ0) is 14.0. The van der Waals surface area contributed by atoms with Gasteiger partial charge in [-0.2, -0.15) is 0 Å². The van der Waals surface area contributed by atoms with Crippen LogP contribution in [0.4, 0.5) is 4.39 Å². The quantitative estimate of drug-likeness (QED) is 0.899. The van der Waals surface area contributed by atoms with Gasteiger partial charge in [-0.15, -0.1) is 0 Å². The molecule has 0 fully saturated rings. The fraction of sp³-hybridized carbons (Fsp3) is 0.533. The topological polar surface area (TPSA) is 43.8 Å². The highest BCUT2D eigenvalue weighted by Crippen LogP contribution is 2.28. The van der Waals surface area contributed by atoms with Crippen molar-refractivity contribution in [2.45, 2.75) is 39.7 Å². The minimum Gasteiger partial charge on any atom is -0.330 e. The largest absolute Gasteiger partial charge is 0.330 e. The molecule has 2 aromatic rings. The zero-order valence-corrected chi connectivity index (χ0v) is 11.9. The van der Waals surface area contributed by atoms with E-state index in [9.17, 15) is 4.39 Å². The second-order valence-electron chi connectivity index (χ2n) is 5.32. The van der Waals surface area contributed by atoms with Gasteiger partial charge in [-0.25, -0.2) is 9.37 Å². The number of hydrogen-bond acceptors (Lipinski definition) is 2. The van der Waals surface area contributed by atoms with Crippen molar-refractivity contribution >= 4 is 11.0 Å². The Balaban J connectivity index is 2.65. The first-order chi connectivity index (χ1) is 9.10. The molecule has 104 valence electrons. The van der Waals surface area contributed by atoms with Gasteiger partial charge in [0.1, 0.15) is 11.3 Å². The number of imidazole rings is 1. The van der Waals surface area contributed by atoms with Crippen molar-refractivity contribution in [2.24, 2.45) is 11.7 Å². The summed E-state index contributed by atoms with van der Waals surface area (Å²) < 4.78 is 16.0. The van der Waals surface area contributed by atoms with Crippen LogP contribution in [0.15, 0.2) is 18.2 Å². The van der Waals surface area contributed by atoms with Gasteiger partial charge in [-0.05, 0) is 24.5 Å². The molecule has 1 atom stereocenters. The van der Waals surface area contributed by atoms with E-state index in [-0.39, 0.29) is 11.7 Å². The molecule has 0 saturated carbocycles. The molecule has 0 spiro atoms. The second kappa shape index (κ2) is 5.70. The van der Waals surface area contributed by atoms with Gasteiger partial charge in [0.15, 0.2) is 5.82 Å². The predicted octanol–water partition coefficient (Wildman–Crippen LogP) is 3.28. The molecule has 19 heavy (non-hydrogen) atoms. The molecule has 0 amide bonds. The summed E-state index contributed by atoms with van der Waals surface area (Å²) in [6.07, 6.45) is 0.990. The second-order valence-corrected chi connectivity index (χ2v) is 5.32. The molecular weight excluding hydrogens is 241 g/mol. The smallest absolute Gasteiger partial charge is 0.151 e. The fourth-order valence-corrected chi connectivity index (χ4v) is 2.55. The summed E-state index contributed by atoms with van der Waals surface area (Å²) in [6.45, 7) is 7.75. The highest BCUT2D eigenvalue weighted by Gasteiger charge is 2.22. The molecular formula is C15H22FN3. The van der Waals surface area contributed by atoms with E-state index in [2.05, 4.69) is 30.3 Å². The van der Waals surface area contributed by atoms with Crippen LogP contribution in [0.2, 0.25) is 0 Å². The summed E-state index contributed by atoms with van der Waals surface area (Å²) >= 11 is 0. The molecule has 1 aromatic heterocycles. The summed E-state index contributed by atoms with van der Waals surface area (Å²) in [7, 11) is 0. The van der Waals surface area contributed by atoms with Crippen LogP contribution in [0.25, 0.3) is 11.0 Å². The van der Waals surface area contributed by atoms with Crippen molar-refractivity contribution < 1.29 is 4.39 Å². The van der Waals surface area contributed by atoms with E-state index in [0.717, 1.165) is 24.3 Å². The Morgan fingerprint density at radius 1 is 1.37 bits per heavy atom. The minimum absolute atomic E-state index is 0.165. The van der Waals surface area contributed by atoms with E-state index in [4.69, 9.17) is 5.73 Å². The normalized spacial score (nSPS) is 13.4. The van der Waals surface area contributed by atoms with Gasteiger partial charge >= 0.3 is 0 Å². The molecule has 4 heteroatoms. The van der Waals surface area contributed by atoms with Crippen molar-refractivity contribution in [2.75, 3.05) is 6.54 Å². The van der Waals surface area contributed by atoms with Crippen LogP contribution < -0.4 is 5.73 Å². The van der Waals surface area contributed by atoms with Crippen molar-refractivity contribution in [3.8, 4) is 0 Å². The summed E-state index contributed by atoms with van der Waals surface area (Å²) in [5.74, 6) is 1.21. The van der Waals surface area contributed by atoms with Crippen molar-refractivity contribution in [3.05, 3.63) is 29.8 Å². The third kappa shape index (κ3) is 2.50. The lowest BCUT2D eigenvalue weighted by molar-refractivity contribution is 0.462. The van der Waals surface area contributed by atoms with Crippen LogP contribution in [0, 0.1) is 11.7 Å². The van der Waals surface area contributed by atoms with Gasteiger partial charge < -0.3 is 10.3 Å². The van der Waals surface area contributed by atoms with Crippen LogP contribution in [-0.2, 0) is 6.54 Å². The van der Waals surface area contributed by atoms with E-state index in [0.29, 0.717) is 18.0 Å². The third-order valence-corrected chi connectivity index (χ3v) is 3.60. The Morgan fingerprint density at radius 3 is 2.68 bits per heavy atom. The Morgan fingerprint density at radius 2 is 2.11 bits per heavy atom. The number of fused-ring (bicyclic) bond motifs is 1. The number of rotatable bonds is 5. The lowest BCUT2D eigenvalue weighted by Crippen LogP contribution is -2.22. The summed E-state index contributed by atoms with van der Waals surface area (Å²) in [4.78, 5) is 4.53. The summed E-state index contributed by atoms with van der Waals surface area (Å²) in [6, 6.07) is 5.13. The van der Waals surface area contributed by atoms with E-state index in [1.165, 1.54) is 6.07 Å². The van der Waals surface area contributed by atoms with E-state index in [1.54, 1.807) is 6.07 Å². The maximum absolute atomic E-state index is 13.9. The van der Waals surface area contributed by atoms with Crippen molar-refractivity contribution in [1.29, 1.82) is 0 Å². The maximum atomic E-state index is 13.9. The van der Waals surface area contributed by atoms with Gasteiger partial charge in [0.2, 0.25) is 0 Å². The van der Waals surface area contributed by atoms with Gasteiger partial charge in [0, 0.05) is 19.0 Å². The van der Waals surface area contributed by atoms with E-state index >= 15 is 0 Å². The number of aryl methyl sites for hydroxylation is 1. The number of aromatic nitrogens is 2. The molecule has 1 unspecified atom stereocenters. The van der Waals surface area contributed by atoms with Gasteiger partial charge in [-0.1, -0.05) is 26.8 Å². The van der Waals surface area contributed by atoms with Gasteiger partial charge in [-0.3, -0.25) is 0 Å². The third-order valence-electron chi connectivity index (χ3n) is 3.60. The summed E-state index contributed by atoms with van der Waals surface area (Å²) in [5, 5.41) is 0. The fourth-order valence-electron chi connectivity index (χ4n) is 2.55. The molecule has 2 N–H and O–H groups in total. The van der Waals surface area contributed by atoms with Crippen molar-refractivity contribution in [1.82, 2.24) is 9.55 Å². The molecule has 1 heterocycles. The number of halogens is 1. The Kier molecular flexibility index (Phi) is 4.20. The number of hydrogen-bond donors (Lipinski definition) is 1. The van der Waals surface area contributed by atoms with Crippen LogP contribution in [0.5, 0.6) is 0 Å². The number of benzene rings is 1. The number of para-hydroxylation sites is 1. The lowest BCUT2D eigenvalue weighted by atomic mass is 9.95. The van der Waals surface area contributed by atoms with E-state index < -0.39 is 0 Å². The molecule has 2 rings (SSSR count). The number of nitrogens with zero attached hydrogens (tertiary/aromatic N) is 2. The first-order valence-electron chi connectivity index (χ1n) is 6.94. The van der Waals surface area contributed by atoms with Crippen molar-refractivity contribution in [3.63, 3.8) is 0 Å². The molecule has 3 nitrogen and oxygen atoms in total. The average molecular weight is 263 g/mol.